The minimum Gasteiger partial charge on any atom is -0.450 e. The Bertz CT molecular complexity index is 259. The van der Waals surface area contributed by atoms with Crippen molar-refractivity contribution in [3.63, 3.8) is 0 Å². The topological polar surface area (TPSA) is 36.9 Å². The van der Waals surface area contributed by atoms with Gasteiger partial charge in [-0.25, -0.2) is 4.39 Å². The third kappa shape index (κ3) is 0.789. The van der Waals surface area contributed by atoms with Gasteiger partial charge in [0.05, 0.1) is 0 Å². The van der Waals surface area contributed by atoms with Crippen LogP contribution in [0.25, 0.3) is 0 Å². The Morgan fingerprint density at radius 3 is 2.67 bits per heavy atom. The summed E-state index contributed by atoms with van der Waals surface area (Å²) in [5.41, 5.74) is 0.275. The van der Waals surface area contributed by atoms with E-state index in [1.807, 2.05) is 0 Å². The molecule has 0 aliphatic rings. The van der Waals surface area contributed by atoms with Gasteiger partial charge in [-0.15, -0.1) is 0 Å². The van der Waals surface area contributed by atoms with E-state index < -0.39 is 5.82 Å². The molecule has 0 saturated heterocycles. The summed E-state index contributed by atoms with van der Waals surface area (Å²) in [5, 5.41) is 8.22. The van der Waals surface area contributed by atoms with Gasteiger partial charge in [0.2, 0.25) is 5.76 Å². The van der Waals surface area contributed by atoms with Gasteiger partial charge in [-0.1, -0.05) is 0 Å². The maximum atomic E-state index is 12.3. The Morgan fingerprint density at radius 2 is 2.44 bits per heavy atom. The van der Waals surface area contributed by atoms with E-state index in [2.05, 4.69) is 4.42 Å². The van der Waals surface area contributed by atoms with Crippen molar-refractivity contribution < 1.29 is 8.81 Å². The second kappa shape index (κ2) is 1.90. The quantitative estimate of drug-likeness (QED) is 0.528. The Balaban J connectivity index is 3.24. The minimum absolute atomic E-state index is 0.0486. The minimum atomic E-state index is -0.466. The van der Waals surface area contributed by atoms with Crippen molar-refractivity contribution in [2.45, 2.75) is 6.92 Å². The van der Waals surface area contributed by atoms with Crippen LogP contribution in [0.4, 0.5) is 4.39 Å². The van der Waals surface area contributed by atoms with Crippen molar-refractivity contribution in [1.82, 2.24) is 0 Å². The fourth-order valence-corrected chi connectivity index (χ4v) is 0.506. The molecule has 0 atom stereocenters. The second-order valence-electron chi connectivity index (χ2n) is 1.65. The molecular weight excluding hydrogens is 121 g/mol. The summed E-state index contributed by atoms with van der Waals surface area (Å²) in [5.74, 6) is -0.418. The van der Waals surface area contributed by atoms with Gasteiger partial charge in [-0.05, 0) is 6.92 Å². The maximum absolute atomic E-state index is 12.3. The van der Waals surface area contributed by atoms with Crippen molar-refractivity contribution in [2.75, 3.05) is 0 Å². The molecule has 0 unspecified atom stereocenters. The monoisotopic (exact) mass is 125 g/mol. The normalized spacial score (nSPS) is 9.00. The van der Waals surface area contributed by atoms with Crippen LogP contribution in [0.1, 0.15) is 11.3 Å². The molecule has 0 fully saturated rings. The zero-order valence-electron chi connectivity index (χ0n) is 4.81. The van der Waals surface area contributed by atoms with Crippen LogP contribution >= 0.6 is 0 Å². The number of hydrogen-bond acceptors (Lipinski definition) is 2. The third-order valence-electron chi connectivity index (χ3n) is 1.08. The Hall–Kier alpha value is -1.30. The van der Waals surface area contributed by atoms with Gasteiger partial charge in [0, 0.05) is 5.56 Å². The van der Waals surface area contributed by atoms with Crippen LogP contribution in [0.3, 0.4) is 0 Å². The van der Waals surface area contributed by atoms with E-state index in [1.54, 1.807) is 6.07 Å². The van der Waals surface area contributed by atoms with Crippen LogP contribution in [0.15, 0.2) is 10.7 Å². The summed E-state index contributed by atoms with van der Waals surface area (Å²) >= 11 is 0. The molecule has 0 saturated carbocycles. The van der Waals surface area contributed by atoms with Crippen LogP contribution in [-0.2, 0) is 0 Å². The summed E-state index contributed by atoms with van der Waals surface area (Å²) in [6, 6.07) is 1.71. The SMILES string of the molecule is Cc1c(F)coc1C#N. The van der Waals surface area contributed by atoms with Crippen molar-refractivity contribution in [2.24, 2.45) is 0 Å². The molecule has 3 heteroatoms. The first-order chi connectivity index (χ1) is 4.25. The lowest BCUT2D eigenvalue weighted by molar-refractivity contribution is 0.523. The molecule has 0 amide bonds. The zero-order valence-corrected chi connectivity index (χ0v) is 4.81. The molecule has 0 radical (unpaired) electrons. The van der Waals surface area contributed by atoms with Crippen LogP contribution in [0.5, 0.6) is 0 Å². The first-order valence-electron chi connectivity index (χ1n) is 2.39. The van der Waals surface area contributed by atoms with Gasteiger partial charge in [-0.2, -0.15) is 5.26 Å². The molecule has 1 rings (SSSR count). The molecule has 0 aliphatic carbocycles. The van der Waals surface area contributed by atoms with E-state index in [0.717, 1.165) is 6.26 Å². The van der Waals surface area contributed by atoms with Crippen molar-refractivity contribution in [3.05, 3.63) is 23.4 Å². The summed E-state index contributed by atoms with van der Waals surface area (Å²) in [4.78, 5) is 0. The average molecular weight is 125 g/mol. The van der Waals surface area contributed by atoms with Crippen LogP contribution in [0, 0.1) is 24.1 Å². The molecule has 0 aliphatic heterocycles. The molecule has 46 valence electrons. The number of halogens is 1. The third-order valence-corrected chi connectivity index (χ3v) is 1.08. The molecule has 1 heterocycles. The number of furan rings is 1. The predicted octanol–water partition coefficient (Wildman–Crippen LogP) is 1.60. The van der Waals surface area contributed by atoms with Crippen LogP contribution in [0.2, 0.25) is 0 Å². The summed E-state index contributed by atoms with van der Waals surface area (Å²) < 4.78 is 16.8. The van der Waals surface area contributed by atoms with Crippen LogP contribution in [-0.4, -0.2) is 0 Å². The molecule has 0 aromatic carbocycles. The number of nitrogens with zero attached hydrogens (tertiary/aromatic N) is 1. The summed E-state index contributed by atoms with van der Waals surface area (Å²) in [6.45, 7) is 1.50. The van der Waals surface area contributed by atoms with Crippen molar-refractivity contribution in [1.29, 1.82) is 5.26 Å². The fourth-order valence-electron chi connectivity index (χ4n) is 0.506. The first-order valence-corrected chi connectivity index (χ1v) is 2.39. The smallest absolute Gasteiger partial charge is 0.209 e. The zero-order chi connectivity index (χ0) is 6.85. The van der Waals surface area contributed by atoms with Gasteiger partial charge in [0.25, 0.3) is 0 Å². The van der Waals surface area contributed by atoms with Gasteiger partial charge in [-0.3, -0.25) is 0 Å². The predicted molar refractivity (Wildman–Crippen MR) is 28.1 cm³/mol. The first kappa shape index (κ1) is 5.83. The average Bonchev–Trinajstić information content (AvgIpc) is 2.15. The molecule has 0 bridgehead atoms. The highest BCUT2D eigenvalue weighted by molar-refractivity contribution is 5.27. The summed E-state index contributed by atoms with van der Waals surface area (Å²) in [6.07, 6.45) is 0.924. The fraction of sp³-hybridized carbons (Fsp3) is 0.167. The highest BCUT2D eigenvalue weighted by atomic mass is 19.1. The maximum Gasteiger partial charge on any atom is 0.209 e. The molecular formula is C6H4FNO. The van der Waals surface area contributed by atoms with E-state index in [-0.39, 0.29) is 11.3 Å². The van der Waals surface area contributed by atoms with Crippen molar-refractivity contribution >= 4 is 0 Å². The summed E-state index contributed by atoms with van der Waals surface area (Å²) in [7, 11) is 0. The van der Waals surface area contributed by atoms with E-state index in [9.17, 15) is 4.39 Å². The largest absolute Gasteiger partial charge is 0.450 e. The van der Waals surface area contributed by atoms with E-state index in [0.29, 0.717) is 0 Å². The lowest BCUT2D eigenvalue weighted by atomic mass is 10.3. The molecule has 1 aromatic rings. The number of hydrogen-bond donors (Lipinski definition) is 0. The number of rotatable bonds is 0. The lowest BCUT2D eigenvalue weighted by Gasteiger charge is -1.78. The highest BCUT2D eigenvalue weighted by Gasteiger charge is 2.06. The van der Waals surface area contributed by atoms with Gasteiger partial charge < -0.3 is 4.42 Å². The molecule has 0 spiro atoms. The Kier molecular flexibility index (Phi) is 1.23. The van der Waals surface area contributed by atoms with Crippen molar-refractivity contribution in [3.8, 4) is 6.07 Å². The highest BCUT2D eigenvalue weighted by Crippen LogP contribution is 2.11. The molecule has 9 heavy (non-hydrogen) atoms. The van der Waals surface area contributed by atoms with E-state index >= 15 is 0 Å². The van der Waals surface area contributed by atoms with Crippen LogP contribution < -0.4 is 0 Å². The van der Waals surface area contributed by atoms with Gasteiger partial charge >= 0.3 is 0 Å². The lowest BCUT2D eigenvalue weighted by Crippen LogP contribution is -1.74. The second-order valence-corrected chi connectivity index (χ2v) is 1.65. The molecule has 0 N–H and O–H groups in total. The van der Waals surface area contributed by atoms with E-state index in [1.165, 1.54) is 6.92 Å². The van der Waals surface area contributed by atoms with Gasteiger partial charge in [0.15, 0.2) is 5.82 Å². The molecule has 2 nitrogen and oxygen atoms in total. The Labute approximate surface area is 51.5 Å². The van der Waals surface area contributed by atoms with Gasteiger partial charge in [0.1, 0.15) is 12.3 Å². The number of nitriles is 1. The standard InChI is InChI=1S/C6H4FNO/c1-4-5(7)3-9-6(4)2-8/h3H,1H3. The van der Waals surface area contributed by atoms with E-state index in [4.69, 9.17) is 5.26 Å². The molecule has 1 aromatic heterocycles. The Morgan fingerprint density at radius 1 is 1.78 bits per heavy atom.